The normalized spacial score (nSPS) is 13.3. The van der Waals surface area contributed by atoms with Crippen LogP contribution in [-0.2, 0) is 11.3 Å². The van der Waals surface area contributed by atoms with Crippen molar-refractivity contribution in [1.82, 2.24) is 4.90 Å². The van der Waals surface area contributed by atoms with Gasteiger partial charge in [-0.1, -0.05) is 18.2 Å². The van der Waals surface area contributed by atoms with Gasteiger partial charge in [-0.3, -0.25) is 4.79 Å². The zero-order valence-corrected chi connectivity index (χ0v) is 12.3. The van der Waals surface area contributed by atoms with Crippen LogP contribution < -0.4 is 5.32 Å². The third-order valence-corrected chi connectivity index (χ3v) is 3.28. The molecule has 1 unspecified atom stereocenters. The molecule has 1 amide bonds. The molecule has 0 aromatic heterocycles. The number of benzene rings is 1. The number of rotatable bonds is 5. The molecule has 7 heteroatoms. The van der Waals surface area contributed by atoms with Gasteiger partial charge in [-0.2, -0.15) is 13.2 Å². The molecule has 0 bridgehead atoms. The summed E-state index contributed by atoms with van der Waals surface area (Å²) in [7, 11) is 3.75. The van der Waals surface area contributed by atoms with Crippen molar-refractivity contribution in [3.05, 3.63) is 29.8 Å². The summed E-state index contributed by atoms with van der Waals surface area (Å²) in [5.74, 6) is -0.654. The number of carbonyl (C=O) groups excluding carboxylic acids is 1. The molecule has 0 aliphatic rings. The SMILES string of the molecule is CC(SC(F)(F)F)C(=O)Nc1ccccc1CN(C)C. The number of nitrogens with one attached hydrogen (secondary N) is 1. The van der Waals surface area contributed by atoms with Crippen LogP contribution in [0.4, 0.5) is 18.9 Å². The summed E-state index contributed by atoms with van der Waals surface area (Å²) in [6, 6.07) is 7.07. The molecule has 0 saturated heterocycles. The topological polar surface area (TPSA) is 32.3 Å². The van der Waals surface area contributed by atoms with E-state index in [9.17, 15) is 18.0 Å². The van der Waals surface area contributed by atoms with Gasteiger partial charge in [0, 0.05) is 12.2 Å². The number of alkyl halides is 3. The minimum Gasteiger partial charge on any atom is -0.325 e. The third kappa shape index (κ3) is 5.83. The zero-order valence-electron chi connectivity index (χ0n) is 11.5. The Kier molecular flexibility index (Phi) is 5.88. The lowest BCUT2D eigenvalue weighted by Gasteiger charge is -2.17. The number of anilines is 1. The van der Waals surface area contributed by atoms with Gasteiger partial charge in [-0.15, -0.1) is 0 Å². The number of nitrogens with zero attached hydrogens (tertiary/aromatic N) is 1. The van der Waals surface area contributed by atoms with E-state index in [2.05, 4.69) is 5.32 Å². The molecular formula is C13H17F3N2OS. The van der Waals surface area contributed by atoms with Gasteiger partial charge in [0.1, 0.15) is 0 Å². The second-order valence-electron chi connectivity index (χ2n) is 4.59. The Labute approximate surface area is 120 Å². The Balaban J connectivity index is 2.75. The summed E-state index contributed by atoms with van der Waals surface area (Å²) in [6.45, 7) is 1.83. The molecule has 0 aliphatic heterocycles. The summed E-state index contributed by atoms with van der Waals surface area (Å²) in [5, 5.41) is 1.36. The summed E-state index contributed by atoms with van der Waals surface area (Å²) >= 11 is -0.319. The van der Waals surface area contributed by atoms with Crippen molar-refractivity contribution in [2.45, 2.75) is 24.2 Å². The summed E-state index contributed by atoms with van der Waals surface area (Å²) < 4.78 is 36.7. The number of carbonyl (C=O) groups is 1. The van der Waals surface area contributed by atoms with Crippen LogP contribution in [0.15, 0.2) is 24.3 Å². The van der Waals surface area contributed by atoms with Crippen LogP contribution >= 0.6 is 11.8 Å². The fourth-order valence-electron chi connectivity index (χ4n) is 1.61. The predicted molar refractivity (Wildman–Crippen MR) is 75.6 cm³/mol. The minimum atomic E-state index is -4.42. The van der Waals surface area contributed by atoms with Gasteiger partial charge < -0.3 is 10.2 Å². The van der Waals surface area contributed by atoms with Crippen LogP contribution in [0.2, 0.25) is 0 Å². The largest absolute Gasteiger partial charge is 0.442 e. The van der Waals surface area contributed by atoms with Gasteiger partial charge in [0.2, 0.25) is 5.91 Å². The molecule has 1 aromatic rings. The van der Waals surface area contributed by atoms with Crippen LogP contribution in [0.3, 0.4) is 0 Å². The molecular weight excluding hydrogens is 289 g/mol. The lowest BCUT2D eigenvalue weighted by atomic mass is 10.1. The van der Waals surface area contributed by atoms with Crippen molar-refractivity contribution in [3.63, 3.8) is 0 Å². The zero-order chi connectivity index (χ0) is 15.3. The molecule has 20 heavy (non-hydrogen) atoms. The van der Waals surface area contributed by atoms with Crippen molar-refractivity contribution in [3.8, 4) is 0 Å². The van der Waals surface area contributed by atoms with E-state index in [0.717, 1.165) is 5.56 Å². The van der Waals surface area contributed by atoms with Gasteiger partial charge >= 0.3 is 5.51 Å². The highest BCUT2D eigenvalue weighted by Gasteiger charge is 2.34. The quantitative estimate of drug-likeness (QED) is 0.905. The van der Waals surface area contributed by atoms with Crippen molar-refractivity contribution in [1.29, 1.82) is 0 Å². The fourth-order valence-corrected chi connectivity index (χ4v) is 2.18. The molecule has 0 spiro atoms. The van der Waals surface area contributed by atoms with Gasteiger partial charge in [-0.25, -0.2) is 0 Å². The Morgan fingerprint density at radius 3 is 2.50 bits per heavy atom. The second kappa shape index (κ2) is 6.99. The number of thioether (sulfide) groups is 1. The van der Waals surface area contributed by atoms with E-state index < -0.39 is 16.7 Å². The standard InChI is InChI=1S/C13H17F3N2OS/c1-9(20-13(14,15)16)12(19)17-11-7-5-4-6-10(11)8-18(2)3/h4-7,9H,8H2,1-3H3,(H,17,19). The van der Waals surface area contributed by atoms with Crippen molar-refractivity contribution in [2.24, 2.45) is 0 Å². The average molecular weight is 306 g/mol. The number of hydrogen-bond acceptors (Lipinski definition) is 3. The second-order valence-corrected chi connectivity index (χ2v) is 6.00. The number of amides is 1. The smallest absolute Gasteiger partial charge is 0.325 e. The lowest BCUT2D eigenvalue weighted by Crippen LogP contribution is -2.26. The molecule has 0 heterocycles. The predicted octanol–water partition coefficient (Wildman–Crippen LogP) is 3.33. The highest BCUT2D eigenvalue weighted by atomic mass is 32.2. The third-order valence-electron chi connectivity index (χ3n) is 2.44. The molecule has 1 aromatic carbocycles. The van der Waals surface area contributed by atoms with Gasteiger partial charge in [-0.05, 0) is 44.4 Å². The fraction of sp³-hybridized carbons (Fsp3) is 0.462. The van der Waals surface area contributed by atoms with Gasteiger partial charge in [0.15, 0.2) is 0 Å². The monoisotopic (exact) mass is 306 g/mol. The van der Waals surface area contributed by atoms with Crippen LogP contribution in [0.5, 0.6) is 0 Å². The van der Waals surface area contributed by atoms with Crippen LogP contribution in [0, 0.1) is 0 Å². The van der Waals surface area contributed by atoms with Gasteiger partial charge in [0.05, 0.1) is 5.25 Å². The molecule has 0 aliphatic carbocycles. The minimum absolute atomic E-state index is 0.319. The first kappa shape index (κ1) is 16.8. The van der Waals surface area contributed by atoms with Crippen LogP contribution in [0.1, 0.15) is 12.5 Å². The maximum Gasteiger partial charge on any atom is 0.442 e. The van der Waals surface area contributed by atoms with Gasteiger partial charge in [0.25, 0.3) is 0 Å². The Bertz CT molecular complexity index is 463. The molecule has 3 nitrogen and oxygen atoms in total. The highest BCUT2D eigenvalue weighted by Crippen LogP contribution is 2.34. The van der Waals surface area contributed by atoms with Crippen LogP contribution in [-0.4, -0.2) is 35.7 Å². The number of hydrogen-bond donors (Lipinski definition) is 1. The molecule has 0 saturated carbocycles. The first-order chi connectivity index (χ1) is 9.19. The molecule has 1 rings (SSSR count). The summed E-state index contributed by atoms with van der Waals surface area (Å²) in [5.41, 5.74) is -3.02. The van der Waals surface area contributed by atoms with Crippen molar-refractivity contribution >= 4 is 23.4 Å². The molecule has 0 radical (unpaired) electrons. The van der Waals surface area contributed by atoms with E-state index in [-0.39, 0.29) is 11.8 Å². The number of halogens is 3. The Morgan fingerprint density at radius 2 is 1.95 bits per heavy atom. The average Bonchev–Trinajstić information content (AvgIpc) is 2.28. The van der Waals surface area contributed by atoms with E-state index in [1.165, 1.54) is 6.92 Å². The molecule has 1 N–H and O–H groups in total. The maximum atomic E-state index is 12.2. The van der Waals surface area contributed by atoms with E-state index in [4.69, 9.17) is 0 Å². The van der Waals surface area contributed by atoms with Crippen LogP contribution in [0.25, 0.3) is 0 Å². The van der Waals surface area contributed by atoms with Crippen molar-refractivity contribution < 1.29 is 18.0 Å². The van der Waals surface area contributed by atoms with E-state index in [1.54, 1.807) is 12.1 Å². The maximum absolute atomic E-state index is 12.2. The molecule has 1 atom stereocenters. The Hall–Kier alpha value is -1.21. The van der Waals surface area contributed by atoms with E-state index in [1.807, 2.05) is 31.1 Å². The summed E-state index contributed by atoms with van der Waals surface area (Å²) in [6.07, 6.45) is 0. The first-order valence-corrected chi connectivity index (χ1v) is 6.85. The molecule has 0 fully saturated rings. The van der Waals surface area contributed by atoms with E-state index in [0.29, 0.717) is 12.2 Å². The number of para-hydroxylation sites is 1. The molecule has 112 valence electrons. The van der Waals surface area contributed by atoms with E-state index >= 15 is 0 Å². The Morgan fingerprint density at radius 1 is 1.35 bits per heavy atom. The van der Waals surface area contributed by atoms with Crippen molar-refractivity contribution in [2.75, 3.05) is 19.4 Å². The summed E-state index contributed by atoms with van der Waals surface area (Å²) in [4.78, 5) is 13.7. The lowest BCUT2D eigenvalue weighted by molar-refractivity contribution is -0.115. The first-order valence-electron chi connectivity index (χ1n) is 5.97. The highest BCUT2D eigenvalue weighted by molar-refractivity contribution is 8.01.